The van der Waals surface area contributed by atoms with Crippen LogP contribution in [0.25, 0.3) is 11.0 Å². The minimum Gasteiger partial charge on any atom is -0.479 e. The van der Waals surface area contributed by atoms with Gasteiger partial charge in [0.25, 0.3) is 0 Å². The highest BCUT2D eigenvalue weighted by molar-refractivity contribution is 9.10. The van der Waals surface area contributed by atoms with E-state index in [-0.39, 0.29) is 5.76 Å². The quantitative estimate of drug-likeness (QED) is 0.889. The predicted octanol–water partition coefficient (Wildman–Crippen LogP) is 2.49. The molecule has 16 heavy (non-hydrogen) atoms. The predicted molar refractivity (Wildman–Crippen MR) is 61.1 cm³/mol. The first-order valence-corrected chi connectivity index (χ1v) is 5.36. The fourth-order valence-corrected chi connectivity index (χ4v) is 1.74. The number of hydrogen-bond acceptors (Lipinski definition) is 3. The zero-order chi connectivity index (χ0) is 11.9. The highest BCUT2D eigenvalue weighted by atomic mass is 79.9. The van der Waals surface area contributed by atoms with Crippen LogP contribution in [-0.4, -0.2) is 16.2 Å². The smallest absolute Gasteiger partial charge is 0.343 e. The highest BCUT2D eigenvalue weighted by Gasteiger charge is 2.36. The summed E-state index contributed by atoms with van der Waals surface area (Å²) < 4.78 is 6.16. The van der Waals surface area contributed by atoms with Crippen molar-refractivity contribution in [3.63, 3.8) is 0 Å². The van der Waals surface area contributed by atoms with E-state index in [1.165, 1.54) is 13.0 Å². The van der Waals surface area contributed by atoms with Gasteiger partial charge in [0.15, 0.2) is 0 Å². The number of halogens is 1. The molecule has 1 aromatic heterocycles. The van der Waals surface area contributed by atoms with Gasteiger partial charge < -0.3 is 14.6 Å². The summed E-state index contributed by atoms with van der Waals surface area (Å²) in [7, 11) is 0. The molecular formula is C11H9BrO4. The van der Waals surface area contributed by atoms with Crippen LogP contribution >= 0.6 is 15.9 Å². The Bertz CT molecular complexity index is 556. The van der Waals surface area contributed by atoms with E-state index in [0.29, 0.717) is 5.58 Å². The number of carbonyl (C=O) groups is 1. The molecule has 1 atom stereocenters. The number of aliphatic hydroxyl groups is 1. The fraction of sp³-hybridized carbons (Fsp3) is 0.182. The SMILES string of the molecule is CC(O)(C(=O)O)c1cc2cc(Br)ccc2o1. The molecule has 0 aliphatic heterocycles. The van der Waals surface area contributed by atoms with Crippen molar-refractivity contribution in [2.24, 2.45) is 0 Å². The molecule has 0 saturated heterocycles. The molecule has 0 aliphatic rings. The van der Waals surface area contributed by atoms with Crippen molar-refractivity contribution in [3.8, 4) is 0 Å². The van der Waals surface area contributed by atoms with Gasteiger partial charge in [0.2, 0.25) is 5.60 Å². The molecule has 0 amide bonds. The van der Waals surface area contributed by atoms with Crippen LogP contribution in [0.15, 0.2) is 33.2 Å². The molecule has 1 heterocycles. The van der Waals surface area contributed by atoms with E-state index in [4.69, 9.17) is 9.52 Å². The Kier molecular flexibility index (Phi) is 2.52. The van der Waals surface area contributed by atoms with Gasteiger partial charge in [-0.1, -0.05) is 15.9 Å². The summed E-state index contributed by atoms with van der Waals surface area (Å²) in [6.07, 6.45) is 0. The molecule has 0 bridgehead atoms. The zero-order valence-electron chi connectivity index (χ0n) is 8.40. The van der Waals surface area contributed by atoms with Crippen LogP contribution in [0, 0.1) is 0 Å². The summed E-state index contributed by atoms with van der Waals surface area (Å²) in [5.74, 6) is -1.32. The summed E-state index contributed by atoms with van der Waals surface area (Å²) in [5.41, 5.74) is -1.47. The fourth-order valence-electron chi connectivity index (χ4n) is 1.36. The van der Waals surface area contributed by atoms with Gasteiger partial charge in [0.05, 0.1) is 0 Å². The maximum atomic E-state index is 10.8. The lowest BCUT2D eigenvalue weighted by Crippen LogP contribution is -2.31. The largest absolute Gasteiger partial charge is 0.479 e. The normalized spacial score (nSPS) is 14.9. The maximum Gasteiger partial charge on any atom is 0.343 e. The van der Waals surface area contributed by atoms with Crippen molar-refractivity contribution < 1.29 is 19.4 Å². The summed E-state index contributed by atoms with van der Waals surface area (Å²) in [5, 5.41) is 19.3. The molecule has 1 aromatic carbocycles. The molecule has 5 heteroatoms. The molecule has 0 spiro atoms. The van der Waals surface area contributed by atoms with E-state index in [1.807, 2.05) is 0 Å². The topological polar surface area (TPSA) is 70.7 Å². The Morgan fingerprint density at radius 3 is 2.75 bits per heavy atom. The van der Waals surface area contributed by atoms with Gasteiger partial charge in [-0.15, -0.1) is 0 Å². The number of hydrogen-bond donors (Lipinski definition) is 2. The average molecular weight is 285 g/mol. The van der Waals surface area contributed by atoms with Crippen molar-refractivity contribution in [1.29, 1.82) is 0 Å². The third-order valence-corrected chi connectivity index (χ3v) is 2.87. The summed E-state index contributed by atoms with van der Waals surface area (Å²) in [6, 6.07) is 6.81. The van der Waals surface area contributed by atoms with Gasteiger partial charge in [-0.25, -0.2) is 4.79 Å². The van der Waals surface area contributed by atoms with E-state index in [1.54, 1.807) is 18.2 Å². The van der Waals surface area contributed by atoms with E-state index < -0.39 is 11.6 Å². The number of fused-ring (bicyclic) bond motifs is 1. The van der Waals surface area contributed by atoms with Crippen molar-refractivity contribution >= 4 is 32.9 Å². The lowest BCUT2D eigenvalue weighted by atomic mass is 10.0. The van der Waals surface area contributed by atoms with E-state index in [2.05, 4.69) is 15.9 Å². The van der Waals surface area contributed by atoms with Crippen LogP contribution in [0.3, 0.4) is 0 Å². The zero-order valence-corrected chi connectivity index (χ0v) is 9.98. The molecule has 0 radical (unpaired) electrons. The number of furan rings is 1. The Hall–Kier alpha value is -1.33. The average Bonchev–Trinajstić information content (AvgIpc) is 2.60. The van der Waals surface area contributed by atoms with Crippen molar-refractivity contribution in [2.45, 2.75) is 12.5 Å². The van der Waals surface area contributed by atoms with Crippen LogP contribution in [0.2, 0.25) is 0 Å². The Balaban J connectivity index is 2.59. The van der Waals surface area contributed by atoms with Crippen LogP contribution in [-0.2, 0) is 10.4 Å². The number of carboxylic acid groups (broad SMARTS) is 1. The van der Waals surface area contributed by atoms with Crippen LogP contribution in [0.4, 0.5) is 0 Å². The molecule has 1 unspecified atom stereocenters. The van der Waals surface area contributed by atoms with E-state index in [9.17, 15) is 9.90 Å². The number of rotatable bonds is 2. The molecule has 2 rings (SSSR count). The lowest BCUT2D eigenvalue weighted by molar-refractivity contribution is -0.159. The summed E-state index contributed by atoms with van der Waals surface area (Å²) >= 11 is 3.30. The Morgan fingerprint density at radius 2 is 2.12 bits per heavy atom. The van der Waals surface area contributed by atoms with E-state index >= 15 is 0 Å². The lowest BCUT2D eigenvalue weighted by Gasteiger charge is -2.13. The second-order valence-corrected chi connectivity index (χ2v) is 4.59. The molecule has 4 nitrogen and oxygen atoms in total. The minimum atomic E-state index is -2.01. The monoisotopic (exact) mass is 284 g/mol. The summed E-state index contributed by atoms with van der Waals surface area (Å²) in [4.78, 5) is 10.8. The molecule has 0 fully saturated rings. The van der Waals surface area contributed by atoms with Gasteiger partial charge in [0, 0.05) is 9.86 Å². The van der Waals surface area contributed by atoms with E-state index in [0.717, 1.165) is 9.86 Å². The molecule has 0 aliphatic carbocycles. The molecule has 0 saturated carbocycles. The maximum absolute atomic E-state index is 10.8. The van der Waals surface area contributed by atoms with Gasteiger partial charge in [-0.3, -0.25) is 0 Å². The van der Waals surface area contributed by atoms with Gasteiger partial charge in [0.1, 0.15) is 11.3 Å². The number of aliphatic carboxylic acids is 1. The first-order valence-electron chi connectivity index (χ1n) is 4.56. The summed E-state index contributed by atoms with van der Waals surface area (Å²) in [6.45, 7) is 1.18. The minimum absolute atomic E-state index is 0.0214. The molecular weight excluding hydrogens is 276 g/mol. The van der Waals surface area contributed by atoms with Gasteiger partial charge in [-0.05, 0) is 31.2 Å². The third kappa shape index (κ3) is 1.72. The number of benzene rings is 1. The second-order valence-electron chi connectivity index (χ2n) is 3.67. The second kappa shape index (κ2) is 3.61. The number of carboxylic acids is 1. The van der Waals surface area contributed by atoms with Crippen molar-refractivity contribution in [1.82, 2.24) is 0 Å². The Morgan fingerprint density at radius 1 is 1.44 bits per heavy atom. The molecule has 84 valence electrons. The third-order valence-electron chi connectivity index (χ3n) is 2.37. The van der Waals surface area contributed by atoms with Crippen LogP contribution in [0.1, 0.15) is 12.7 Å². The van der Waals surface area contributed by atoms with Crippen LogP contribution < -0.4 is 0 Å². The first kappa shape index (κ1) is 11.2. The van der Waals surface area contributed by atoms with Crippen LogP contribution in [0.5, 0.6) is 0 Å². The van der Waals surface area contributed by atoms with Crippen molar-refractivity contribution in [3.05, 3.63) is 34.5 Å². The Labute approximate surface area is 99.6 Å². The first-order chi connectivity index (χ1) is 7.41. The van der Waals surface area contributed by atoms with Gasteiger partial charge in [-0.2, -0.15) is 0 Å². The van der Waals surface area contributed by atoms with Gasteiger partial charge >= 0.3 is 5.97 Å². The highest BCUT2D eigenvalue weighted by Crippen LogP contribution is 2.29. The molecule has 2 N–H and O–H groups in total. The standard InChI is InChI=1S/C11H9BrO4/c1-11(15,10(13)14)9-5-6-4-7(12)2-3-8(6)16-9/h2-5,15H,1H3,(H,13,14). The molecule has 2 aromatic rings. The van der Waals surface area contributed by atoms with Crippen molar-refractivity contribution in [2.75, 3.05) is 0 Å².